The molecule has 0 fully saturated rings. The molecule has 35 heavy (non-hydrogen) atoms. The molecule has 0 bridgehead atoms. The first-order chi connectivity index (χ1) is 16.6. The number of carbonyl (C=O) groups excluding carboxylic acids is 1. The van der Waals surface area contributed by atoms with Crippen molar-refractivity contribution in [2.45, 2.75) is 33.4 Å². The second kappa shape index (κ2) is 9.84. The Kier molecular flexibility index (Phi) is 6.67. The van der Waals surface area contributed by atoms with Gasteiger partial charge in [0.1, 0.15) is 17.3 Å². The Bertz CT molecular complexity index is 1320. The van der Waals surface area contributed by atoms with Crippen LogP contribution in [-0.2, 0) is 6.54 Å². The van der Waals surface area contributed by atoms with E-state index >= 15 is 0 Å². The van der Waals surface area contributed by atoms with E-state index in [0.717, 1.165) is 17.0 Å². The fraction of sp³-hybridized carbons (Fsp3) is 0.208. The molecule has 0 unspecified atom stereocenters. The van der Waals surface area contributed by atoms with Gasteiger partial charge >= 0.3 is 6.11 Å². The van der Waals surface area contributed by atoms with Gasteiger partial charge in [0.15, 0.2) is 11.6 Å². The molecule has 0 spiro atoms. The lowest BCUT2D eigenvalue weighted by Gasteiger charge is -2.13. The highest BCUT2D eigenvalue weighted by atomic mass is 19.3. The van der Waals surface area contributed by atoms with Crippen molar-refractivity contribution in [1.29, 1.82) is 0 Å². The van der Waals surface area contributed by atoms with Gasteiger partial charge in [0.25, 0.3) is 5.91 Å². The summed E-state index contributed by atoms with van der Waals surface area (Å²) < 4.78 is 30.3. The summed E-state index contributed by atoms with van der Waals surface area (Å²) in [4.78, 5) is 25.7. The van der Waals surface area contributed by atoms with Gasteiger partial charge in [-0.3, -0.25) is 14.9 Å². The molecule has 0 aliphatic rings. The van der Waals surface area contributed by atoms with Crippen LogP contribution in [0.2, 0.25) is 0 Å². The van der Waals surface area contributed by atoms with Gasteiger partial charge in [-0.05, 0) is 43.7 Å². The van der Waals surface area contributed by atoms with Crippen molar-refractivity contribution in [3.63, 3.8) is 0 Å². The third kappa shape index (κ3) is 6.56. The van der Waals surface area contributed by atoms with E-state index in [0.29, 0.717) is 29.9 Å². The first kappa shape index (κ1) is 23.7. The van der Waals surface area contributed by atoms with Crippen molar-refractivity contribution >= 4 is 17.5 Å². The van der Waals surface area contributed by atoms with Crippen LogP contribution in [0.4, 0.5) is 20.4 Å². The summed E-state index contributed by atoms with van der Waals surface area (Å²) in [5.41, 5.74) is 3.27. The number of halogens is 2. The van der Waals surface area contributed by atoms with Gasteiger partial charge in [-0.15, -0.1) is 0 Å². The normalized spacial score (nSPS) is 11.2. The number of benzene rings is 1. The van der Waals surface area contributed by atoms with Crippen LogP contribution in [0.5, 0.6) is 5.75 Å². The SMILES string of the molecule is Cc1cc(Nc2cc(C)[nH]n2)nc(-c2ccc(C(=O)NCc3ccc(OC(C)(F)F)cc3)nc2)n1. The molecule has 0 aliphatic carbocycles. The van der Waals surface area contributed by atoms with Crippen LogP contribution in [0, 0.1) is 13.8 Å². The van der Waals surface area contributed by atoms with Crippen molar-refractivity contribution in [2.75, 3.05) is 5.32 Å². The van der Waals surface area contributed by atoms with Gasteiger partial charge in [0.05, 0.1) is 0 Å². The first-order valence-electron chi connectivity index (χ1n) is 10.7. The van der Waals surface area contributed by atoms with E-state index in [1.54, 1.807) is 30.3 Å². The molecular formula is C24H23F2N7O2. The molecule has 0 saturated carbocycles. The number of aryl methyl sites for hydroxylation is 2. The number of nitrogens with one attached hydrogen (secondary N) is 3. The summed E-state index contributed by atoms with van der Waals surface area (Å²) in [5, 5.41) is 12.9. The number of hydrogen-bond donors (Lipinski definition) is 3. The molecule has 3 N–H and O–H groups in total. The maximum Gasteiger partial charge on any atom is 0.394 e. The van der Waals surface area contributed by atoms with Gasteiger partial charge in [0, 0.05) is 48.7 Å². The second-order valence-electron chi connectivity index (χ2n) is 7.95. The van der Waals surface area contributed by atoms with E-state index in [1.165, 1.54) is 18.3 Å². The van der Waals surface area contributed by atoms with Crippen LogP contribution in [0.3, 0.4) is 0 Å². The van der Waals surface area contributed by atoms with E-state index in [4.69, 9.17) is 0 Å². The fourth-order valence-electron chi connectivity index (χ4n) is 3.19. The predicted molar refractivity (Wildman–Crippen MR) is 125 cm³/mol. The van der Waals surface area contributed by atoms with Crippen molar-refractivity contribution in [2.24, 2.45) is 0 Å². The number of carbonyl (C=O) groups is 1. The van der Waals surface area contributed by atoms with Crippen molar-refractivity contribution < 1.29 is 18.3 Å². The van der Waals surface area contributed by atoms with Crippen LogP contribution >= 0.6 is 0 Å². The van der Waals surface area contributed by atoms with Crippen LogP contribution in [0.25, 0.3) is 11.4 Å². The first-order valence-corrected chi connectivity index (χ1v) is 10.7. The molecule has 3 aromatic heterocycles. The zero-order chi connectivity index (χ0) is 25.0. The smallest absolute Gasteiger partial charge is 0.394 e. The number of alkyl halides is 2. The van der Waals surface area contributed by atoms with E-state index in [-0.39, 0.29) is 23.9 Å². The largest absolute Gasteiger partial charge is 0.433 e. The standard InChI is InChI=1S/C24H23F2N7O2/c1-14-10-20(30-21-11-15(2)32-33-21)31-22(29-14)17-6-9-19(27-13-17)23(34)28-12-16-4-7-18(8-5-16)35-24(3,25)26/h4-11,13H,12H2,1-3H3,(H,28,34)(H2,29,30,31,32,33). The Balaban J connectivity index is 1.39. The maximum atomic E-state index is 12.9. The summed E-state index contributed by atoms with van der Waals surface area (Å²) in [5.74, 6) is 1.35. The molecule has 3 heterocycles. The molecule has 0 saturated heterocycles. The molecule has 9 nitrogen and oxygen atoms in total. The number of rotatable bonds is 8. The number of ether oxygens (including phenoxy) is 1. The van der Waals surface area contributed by atoms with Crippen molar-refractivity contribution in [3.05, 3.63) is 77.4 Å². The van der Waals surface area contributed by atoms with Crippen LogP contribution in [-0.4, -0.2) is 37.2 Å². The molecule has 180 valence electrons. The predicted octanol–water partition coefficient (Wildman–Crippen LogP) is 4.54. The fourth-order valence-corrected chi connectivity index (χ4v) is 3.19. The Morgan fingerprint density at radius 1 is 1.06 bits per heavy atom. The van der Waals surface area contributed by atoms with Gasteiger partial charge < -0.3 is 15.4 Å². The second-order valence-corrected chi connectivity index (χ2v) is 7.95. The number of pyridine rings is 1. The molecule has 0 aliphatic heterocycles. The minimum Gasteiger partial charge on any atom is -0.433 e. The van der Waals surface area contributed by atoms with Crippen LogP contribution in [0.1, 0.15) is 34.4 Å². The highest BCUT2D eigenvalue weighted by Gasteiger charge is 2.22. The molecular weight excluding hydrogens is 456 g/mol. The number of hydrogen-bond acceptors (Lipinski definition) is 7. The lowest BCUT2D eigenvalue weighted by molar-refractivity contribution is -0.158. The zero-order valence-electron chi connectivity index (χ0n) is 19.3. The Hall–Kier alpha value is -4.41. The highest BCUT2D eigenvalue weighted by molar-refractivity contribution is 5.92. The lowest BCUT2D eigenvalue weighted by Crippen LogP contribution is -2.23. The van der Waals surface area contributed by atoms with Gasteiger partial charge in [-0.1, -0.05) is 12.1 Å². The lowest BCUT2D eigenvalue weighted by atomic mass is 10.2. The van der Waals surface area contributed by atoms with Crippen LogP contribution in [0.15, 0.2) is 54.7 Å². The number of anilines is 2. The van der Waals surface area contributed by atoms with Gasteiger partial charge in [-0.2, -0.15) is 13.9 Å². The quantitative estimate of drug-likeness (QED) is 0.339. The summed E-state index contributed by atoms with van der Waals surface area (Å²) in [7, 11) is 0. The minimum atomic E-state index is -3.26. The van der Waals surface area contributed by atoms with Gasteiger partial charge in [-0.25, -0.2) is 9.97 Å². The number of amides is 1. The van der Waals surface area contributed by atoms with E-state index < -0.39 is 6.11 Å². The third-order valence-corrected chi connectivity index (χ3v) is 4.74. The third-order valence-electron chi connectivity index (χ3n) is 4.74. The summed E-state index contributed by atoms with van der Waals surface area (Å²) in [6, 6.07) is 13.0. The Labute approximate surface area is 200 Å². The average Bonchev–Trinajstić information content (AvgIpc) is 3.21. The number of nitrogens with zero attached hydrogens (tertiary/aromatic N) is 4. The molecule has 4 aromatic rings. The summed E-state index contributed by atoms with van der Waals surface area (Å²) in [6.45, 7) is 4.63. The van der Waals surface area contributed by atoms with Crippen LogP contribution < -0.4 is 15.4 Å². The van der Waals surface area contributed by atoms with Gasteiger partial charge in [0.2, 0.25) is 0 Å². The maximum absolute atomic E-state index is 12.9. The average molecular weight is 479 g/mol. The monoisotopic (exact) mass is 479 g/mol. The van der Waals surface area contributed by atoms with Crippen molar-refractivity contribution in [3.8, 4) is 17.1 Å². The molecule has 1 aromatic carbocycles. The Morgan fingerprint density at radius 2 is 1.83 bits per heavy atom. The molecule has 0 atom stereocenters. The Morgan fingerprint density at radius 3 is 2.46 bits per heavy atom. The van der Waals surface area contributed by atoms with E-state index in [1.807, 2.05) is 19.9 Å². The van der Waals surface area contributed by atoms with E-state index in [9.17, 15) is 13.6 Å². The molecule has 0 radical (unpaired) electrons. The number of aromatic amines is 1. The zero-order valence-corrected chi connectivity index (χ0v) is 19.3. The summed E-state index contributed by atoms with van der Waals surface area (Å²) in [6.07, 6.45) is -1.73. The number of H-pyrrole nitrogens is 1. The molecule has 1 amide bonds. The van der Waals surface area contributed by atoms with E-state index in [2.05, 4.69) is 40.5 Å². The summed E-state index contributed by atoms with van der Waals surface area (Å²) >= 11 is 0. The molecule has 4 rings (SSSR count). The molecule has 11 heteroatoms. The van der Waals surface area contributed by atoms with Crippen molar-refractivity contribution in [1.82, 2.24) is 30.5 Å². The highest BCUT2D eigenvalue weighted by Crippen LogP contribution is 2.22. The number of aromatic nitrogens is 5. The minimum absolute atomic E-state index is 0.0426. The topological polar surface area (TPSA) is 118 Å².